The SMILES string of the molecule is Cl.NC1(C(=O)NC2CC2c2ccccc2C(F)(F)F)CCOCC1. The molecule has 1 aromatic rings. The number of amides is 1. The van der Waals surface area contributed by atoms with E-state index in [9.17, 15) is 18.0 Å². The van der Waals surface area contributed by atoms with Crippen LogP contribution in [0.5, 0.6) is 0 Å². The summed E-state index contributed by atoms with van der Waals surface area (Å²) in [6, 6.07) is 5.24. The molecule has 3 N–H and O–H groups in total. The molecule has 0 bridgehead atoms. The van der Waals surface area contributed by atoms with Crippen molar-refractivity contribution < 1.29 is 22.7 Å². The Bertz CT molecular complexity index is 603. The molecule has 1 saturated heterocycles. The Kier molecular flexibility index (Phi) is 5.47. The fraction of sp³-hybridized carbons (Fsp3) is 0.562. The molecule has 8 heteroatoms. The Labute approximate surface area is 144 Å². The van der Waals surface area contributed by atoms with Gasteiger partial charge in [-0.05, 0) is 30.9 Å². The van der Waals surface area contributed by atoms with Gasteiger partial charge in [-0.15, -0.1) is 12.4 Å². The van der Waals surface area contributed by atoms with Gasteiger partial charge in [0.2, 0.25) is 5.91 Å². The van der Waals surface area contributed by atoms with Gasteiger partial charge in [-0.3, -0.25) is 4.79 Å². The quantitative estimate of drug-likeness (QED) is 0.866. The van der Waals surface area contributed by atoms with Crippen molar-refractivity contribution in [3.8, 4) is 0 Å². The number of nitrogens with one attached hydrogen (secondary N) is 1. The molecule has 3 rings (SSSR count). The highest BCUT2D eigenvalue weighted by Crippen LogP contribution is 2.46. The Morgan fingerprint density at radius 3 is 2.50 bits per heavy atom. The molecule has 1 amide bonds. The zero-order valence-corrected chi connectivity index (χ0v) is 13.8. The first-order valence-electron chi connectivity index (χ1n) is 7.65. The summed E-state index contributed by atoms with van der Waals surface area (Å²) in [6.45, 7) is 0.851. The number of carbonyl (C=O) groups is 1. The fourth-order valence-electron chi connectivity index (χ4n) is 3.05. The number of halogens is 4. The lowest BCUT2D eigenvalue weighted by molar-refractivity contribution is -0.138. The molecule has 4 nitrogen and oxygen atoms in total. The second kappa shape index (κ2) is 6.90. The second-order valence-electron chi connectivity index (χ2n) is 6.28. The van der Waals surface area contributed by atoms with E-state index in [1.165, 1.54) is 12.1 Å². The first kappa shape index (κ1) is 19.0. The van der Waals surface area contributed by atoms with E-state index in [0.29, 0.717) is 32.5 Å². The number of hydrogen-bond donors (Lipinski definition) is 2. The predicted octanol–water partition coefficient (Wildman–Crippen LogP) is 2.61. The maximum absolute atomic E-state index is 13.1. The molecule has 0 radical (unpaired) electrons. The summed E-state index contributed by atoms with van der Waals surface area (Å²) < 4.78 is 44.4. The van der Waals surface area contributed by atoms with Crippen molar-refractivity contribution >= 4 is 18.3 Å². The summed E-state index contributed by atoms with van der Waals surface area (Å²) >= 11 is 0. The van der Waals surface area contributed by atoms with E-state index in [2.05, 4.69) is 5.32 Å². The third-order valence-corrected chi connectivity index (χ3v) is 4.61. The molecule has 1 saturated carbocycles. The molecular weight excluding hydrogens is 345 g/mol. The molecule has 1 heterocycles. The average molecular weight is 365 g/mol. The number of benzene rings is 1. The van der Waals surface area contributed by atoms with Gasteiger partial charge < -0.3 is 15.8 Å². The van der Waals surface area contributed by atoms with E-state index in [4.69, 9.17) is 10.5 Å². The molecule has 0 spiro atoms. The standard InChI is InChI=1S/C16H19F3N2O2.ClH/c17-16(18,19)12-4-2-1-3-10(12)11-9-13(11)21-14(22)15(20)5-7-23-8-6-15;/h1-4,11,13H,5-9,20H2,(H,21,22);1H. The molecule has 2 atom stereocenters. The van der Waals surface area contributed by atoms with Gasteiger partial charge in [0.1, 0.15) is 0 Å². The average Bonchev–Trinajstić information content (AvgIpc) is 3.26. The van der Waals surface area contributed by atoms with Crippen LogP contribution in [0, 0.1) is 0 Å². The van der Waals surface area contributed by atoms with Crippen molar-refractivity contribution in [3.05, 3.63) is 35.4 Å². The predicted molar refractivity (Wildman–Crippen MR) is 85.0 cm³/mol. The van der Waals surface area contributed by atoms with E-state index >= 15 is 0 Å². The molecule has 0 aromatic heterocycles. The first-order chi connectivity index (χ1) is 10.8. The monoisotopic (exact) mass is 364 g/mol. The number of rotatable bonds is 3. The molecule has 134 valence electrons. The minimum atomic E-state index is -4.39. The fourth-order valence-corrected chi connectivity index (χ4v) is 3.05. The third-order valence-electron chi connectivity index (χ3n) is 4.61. The van der Waals surface area contributed by atoms with Crippen LogP contribution in [0.25, 0.3) is 0 Å². The van der Waals surface area contributed by atoms with Gasteiger partial charge in [0.05, 0.1) is 11.1 Å². The molecule has 24 heavy (non-hydrogen) atoms. The van der Waals surface area contributed by atoms with Crippen LogP contribution < -0.4 is 11.1 Å². The van der Waals surface area contributed by atoms with E-state index in [1.807, 2.05) is 0 Å². The zero-order valence-electron chi connectivity index (χ0n) is 12.9. The van der Waals surface area contributed by atoms with Gasteiger partial charge in [-0.2, -0.15) is 13.2 Å². The van der Waals surface area contributed by atoms with Crippen LogP contribution in [0.3, 0.4) is 0 Å². The van der Waals surface area contributed by atoms with E-state index in [-0.39, 0.29) is 35.8 Å². The topological polar surface area (TPSA) is 64.4 Å². The number of ether oxygens (including phenoxy) is 1. The van der Waals surface area contributed by atoms with E-state index in [0.717, 1.165) is 6.07 Å². The van der Waals surface area contributed by atoms with Crippen LogP contribution in [0.15, 0.2) is 24.3 Å². The van der Waals surface area contributed by atoms with Crippen molar-refractivity contribution in [2.24, 2.45) is 5.73 Å². The Balaban J connectivity index is 0.00000208. The maximum atomic E-state index is 13.1. The first-order valence-corrected chi connectivity index (χ1v) is 7.65. The lowest BCUT2D eigenvalue weighted by atomic mass is 9.90. The lowest BCUT2D eigenvalue weighted by Gasteiger charge is -2.31. The number of nitrogens with two attached hydrogens (primary N) is 1. The van der Waals surface area contributed by atoms with Gasteiger partial charge in [0.25, 0.3) is 0 Å². The minimum absolute atomic E-state index is 0. The molecule has 2 fully saturated rings. The Hall–Kier alpha value is -1.31. The number of hydrogen-bond acceptors (Lipinski definition) is 3. The Morgan fingerprint density at radius 2 is 1.88 bits per heavy atom. The molecule has 1 aromatic carbocycles. The van der Waals surface area contributed by atoms with Gasteiger partial charge in [-0.1, -0.05) is 18.2 Å². The van der Waals surface area contributed by atoms with Crippen molar-refractivity contribution in [2.75, 3.05) is 13.2 Å². The highest BCUT2D eigenvalue weighted by Gasteiger charge is 2.47. The molecule has 1 aliphatic heterocycles. The smallest absolute Gasteiger partial charge is 0.381 e. The number of carbonyl (C=O) groups excluding carboxylic acids is 1. The molecule has 2 aliphatic rings. The third kappa shape index (κ3) is 3.84. The lowest BCUT2D eigenvalue weighted by Crippen LogP contribution is -2.57. The highest BCUT2D eigenvalue weighted by molar-refractivity contribution is 5.87. The summed E-state index contributed by atoms with van der Waals surface area (Å²) in [6.07, 6.45) is -3.03. The van der Waals surface area contributed by atoms with Crippen LogP contribution in [-0.4, -0.2) is 30.7 Å². The van der Waals surface area contributed by atoms with Crippen molar-refractivity contribution in [3.63, 3.8) is 0 Å². The number of alkyl halides is 3. The van der Waals surface area contributed by atoms with Crippen molar-refractivity contribution in [1.29, 1.82) is 0 Å². The summed E-state index contributed by atoms with van der Waals surface area (Å²) in [4.78, 5) is 12.3. The van der Waals surface area contributed by atoms with E-state index in [1.54, 1.807) is 6.07 Å². The van der Waals surface area contributed by atoms with Gasteiger partial charge in [0.15, 0.2) is 0 Å². The van der Waals surface area contributed by atoms with Crippen LogP contribution in [-0.2, 0) is 15.7 Å². The van der Waals surface area contributed by atoms with Crippen molar-refractivity contribution in [2.45, 2.75) is 42.9 Å². The van der Waals surface area contributed by atoms with Gasteiger partial charge in [0, 0.05) is 25.2 Å². The van der Waals surface area contributed by atoms with Gasteiger partial charge in [-0.25, -0.2) is 0 Å². The minimum Gasteiger partial charge on any atom is -0.381 e. The molecule has 2 unspecified atom stereocenters. The summed E-state index contributed by atoms with van der Waals surface area (Å²) in [5.74, 6) is -0.599. The largest absolute Gasteiger partial charge is 0.416 e. The van der Waals surface area contributed by atoms with Gasteiger partial charge >= 0.3 is 6.18 Å². The normalized spacial score (nSPS) is 25.5. The molecular formula is C16H20ClF3N2O2. The summed E-state index contributed by atoms with van der Waals surface area (Å²) in [5.41, 5.74) is 4.72. The Morgan fingerprint density at radius 1 is 1.25 bits per heavy atom. The van der Waals surface area contributed by atoms with E-state index < -0.39 is 17.3 Å². The summed E-state index contributed by atoms with van der Waals surface area (Å²) in [7, 11) is 0. The molecule has 1 aliphatic carbocycles. The van der Waals surface area contributed by atoms with Crippen LogP contribution in [0.2, 0.25) is 0 Å². The van der Waals surface area contributed by atoms with Crippen molar-refractivity contribution in [1.82, 2.24) is 5.32 Å². The van der Waals surface area contributed by atoms with Crippen LogP contribution in [0.1, 0.15) is 36.3 Å². The maximum Gasteiger partial charge on any atom is 0.416 e. The highest BCUT2D eigenvalue weighted by atomic mass is 35.5. The van der Waals surface area contributed by atoms with Crippen LogP contribution >= 0.6 is 12.4 Å². The second-order valence-corrected chi connectivity index (χ2v) is 6.28. The summed E-state index contributed by atoms with van der Waals surface area (Å²) in [5, 5.41) is 2.80. The zero-order chi connectivity index (χ0) is 16.7. The van der Waals surface area contributed by atoms with Crippen LogP contribution in [0.4, 0.5) is 13.2 Å².